The zero-order valence-corrected chi connectivity index (χ0v) is 11.2. The van der Waals surface area contributed by atoms with Gasteiger partial charge in [-0.15, -0.1) is 12.4 Å². The van der Waals surface area contributed by atoms with Crippen molar-refractivity contribution in [1.29, 1.82) is 0 Å². The third-order valence-corrected chi connectivity index (χ3v) is 2.36. The van der Waals surface area contributed by atoms with Crippen molar-refractivity contribution in [3.63, 3.8) is 0 Å². The summed E-state index contributed by atoms with van der Waals surface area (Å²) in [5, 5.41) is 0. The van der Waals surface area contributed by atoms with Crippen LogP contribution < -0.4 is 5.73 Å². The van der Waals surface area contributed by atoms with E-state index in [1.165, 1.54) is 12.1 Å². The SMILES string of the molecule is CC(N)CN(C)Cc1ccccc1C(F)(F)F.Cl. The van der Waals surface area contributed by atoms with Gasteiger partial charge in [0.15, 0.2) is 0 Å². The standard InChI is InChI=1S/C12H17F3N2.ClH/c1-9(16)7-17(2)8-10-5-3-4-6-11(10)12(13,14)15;/h3-6,9H,7-8,16H2,1-2H3;1H. The van der Waals surface area contributed by atoms with Crippen molar-refractivity contribution in [2.45, 2.75) is 25.7 Å². The van der Waals surface area contributed by atoms with Crippen LogP contribution in [-0.4, -0.2) is 24.5 Å². The minimum atomic E-state index is -4.30. The predicted molar refractivity (Wildman–Crippen MR) is 68.7 cm³/mol. The lowest BCUT2D eigenvalue weighted by Gasteiger charge is -2.21. The van der Waals surface area contributed by atoms with Crippen molar-refractivity contribution in [2.24, 2.45) is 5.73 Å². The fraction of sp³-hybridized carbons (Fsp3) is 0.500. The van der Waals surface area contributed by atoms with Crippen molar-refractivity contribution in [2.75, 3.05) is 13.6 Å². The van der Waals surface area contributed by atoms with E-state index in [1.807, 2.05) is 6.92 Å². The van der Waals surface area contributed by atoms with Gasteiger partial charge < -0.3 is 10.6 Å². The summed E-state index contributed by atoms with van der Waals surface area (Å²) in [7, 11) is 1.76. The minimum Gasteiger partial charge on any atom is -0.327 e. The molecule has 0 aliphatic carbocycles. The molecule has 1 atom stereocenters. The number of hydrogen-bond donors (Lipinski definition) is 1. The monoisotopic (exact) mass is 282 g/mol. The first-order chi connectivity index (χ1) is 7.80. The summed E-state index contributed by atoms with van der Waals surface area (Å²) in [6.45, 7) is 2.63. The molecule has 18 heavy (non-hydrogen) atoms. The maximum absolute atomic E-state index is 12.7. The molecule has 104 valence electrons. The highest BCUT2D eigenvalue weighted by atomic mass is 35.5. The maximum atomic E-state index is 12.7. The Morgan fingerprint density at radius 3 is 2.33 bits per heavy atom. The van der Waals surface area contributed by atoms with Gasteiger partial charge in [-0.05, 0) is 25.6 Å². The van der Waals surface area contributed by atoms with Crippen molar-refractivity contribution in [1.82, 2.24) is 4.90 Å². The lowest BCUT2D eigenvalue weighted by atomic mass is 10.1. The molecule has 2 N–H and O–H groups in total. The van der Waals surface area contributed by atoms with E-state index in [-0.39, 0.29) is 30.6 Å². The Balaban J connectivity index is 0.00000289. The van der Waals surface area contributed by atoms with Gasteiger partial charge in [-0.3, -0.25) is 0 Å². The van der Waals surface area contributed by atoms with Gasteiger partial charge in [0.1, 0.15) is 0 Å². The third-order valence-electron chi connectivity index (χ3n) is 2.36. The van der Waals surface area contributed by atoms with Gasteiger partial charge in [-0.2, -0.15) is 13.2 Å². The van der Waals surface area contributed by atoms with Crippen LogP contribution in [0.2, 0.25) is 0 Å². The lowest BCUT2D eigenvalue weighted by molar-refractivity contribution is -0.138. The van der Waals surface area contributed by atoms with Crippen LogP contribution >= 0.6 is 12.4 Å². The second-order valence-electron chi connectivity index (χ2n) is 4.33. The summed E-state index contributed by atoms with van der Waals surface area (Å²) in [6.07, 6.45) is -4.30. The molecule has 0 spiro atoms. The maximum Gasteiger partial charge on any atom is 0.416 e. The highest BCUT2D eigenvalue weighted by Crippen LogP contribution is 2.32. The lowest BCUT2D eigenvalue weighted by Crippen LogP contribution is -2.33. The fourth-order valence-electron chi connectivity index (χ4n) is 1.78. The molecule has 2 nitrogen and oxygen atoms in total. The Labute approximate surface area is 111 Å². The van der Waals surface area contributed by atoms with Crippen LogP contribution in [0.15, 0.2) is 24.3 Å². The largest absolute Gasteiger partial charge is 0.416 e. The van der Waals surface area contributed by atoms with E-state index in [0.29, 0.717) is 6.54 Å². The summed E-state index contributed by atoms with van der Waals surface area (Å²) in [5.41, 5.74) is 5.31. The number of hydrogen-bond acceptors (Lipinski definition) is 2. The summed E-state index contributed by atoms with van der Waals surface area (Å²) in [6, 6.07) is 5.57. The quantitative estimate of drug-likeness (QED) is 0.920. The van der Waals surface area contributed by atoms with E-state index in [0.717, 1.165) is 6.07 Å². The van der Waals surface area contributed by atoms with Gasteiger partial charge in [-0.25, -0.2) is 0 Å². The molecule has 6 heteroatoms. The van der Waals surface area contributed by atoms with Crippen molar-refractivity contribution < 1.29 is 13.2 Å². The second-order valence-corrected chi connectivity index (χ2v) is 4.33. The van der Waals surface area contributed by atoms with E-state index in [9.17, 15) is 13.2 Å². The average molecular weight is 283 g/mol. The van der Waals surface area contributed by atoms with Gasteiger partial charge in [0.05, 0.1) is 5.56 Å². The Kier molecular flexibility index (Phi) is 6.67. The number of halogens is 4. The van der Waals surface area contributed by atoms with E-state index < -0.39 is 11.7 Å². The predicted octanol–water partition coefficient (Wildman–Crippen LogP) is 2.91. The Hall–Kier alpha value is -0.780. The van der Waals surface area contributed by atoms with E-state index in [2.05, 4.69) is 0 Å². The van der Waals surface area contributed by atoms with Crippen LogP contribution in [0.4, 0.5) is 13.2 Å². The summed E-state index contributed by atoms with van der Waals surface area (Å²) >= 11 is 0. The number of alkyl halides is 3. The fourth-order valence-corrected chi connectivity index (χ4v) is 1.78. The molecule has 0 saturated heterocycles. The molecule has 0 fully saturated rings. The average Bonchev–Trinajstić information content (AvgIpc) is 2.15. The van der Waals surface area contributed by atoms with Gasteiger partial charge in [-0.1, -0.05) is 18.2 Å². The Bertz CT molecular complexity index is 367. The van der Waals surface area contributed by atoms with Gasteiger partial charge in [0.2, 0.25) is 0 Å². The minimum absolute atomic E-state index is 0. The third kappa shape index (κ3) is 5.25. The topological polar surface area (TPSA) is 29.3 Å². The summed E-state index contributed by atoms with van der Waals surface area (Å²) in [5.74, 6) is 0. The first-order valence-electron chi connectivity index (χ1n) is 5.40. The summed E-state index contributed by atoms with van der Waals surface area (Å²) in [4.78, 5) is 1.79. The first-order valence-corrected chi connectivity index (χ1v) is 5.40. The molecule has 1 aromatic rings. The van der Waals surface area contributed by atoms with E-state index >= 15 is 0 Å². The molecule has 0 radical (unpaired) electrons. The molecule has 1 unspecified atom stereocenters. The smallest absolute Gasteiger partial charge is 0.327 e. The highest BCUT2D eigenvalue weighted by molar-refractivity contribution is 5.85. The molecule has 0 bridgehead atoms. The molecule has 1 rings (SSSR count). The van der Waals surface area contributed by atoms with Crippen LogP contribution in [-0.2, 0) is 12.7 Å². The van der Waals surface area contributed by atoms with Crippen molar-refractivity contribution in [3.05, 3.63) is 35.4 Å². The van der Waals surface area contributed by atoms with E-state index in [1.54, 1.807) is 18.0 Å². The molecular weight excluding hydrogens is 265 g/mol. The molecule has 0 aromatic heterocycles. The second kappa shape index (κ2) is 6.97. The van der Waals surface area contributed by atoms with E-state index in [4.69, 9.17) is 5.73 Å². The van der Waals surface area contributed by atoms with Crippen LogP contribution in [0.25, 0.3) is 0 Å². The molecular formula is C12H18ClF3N2. The van der Waals surface area contributed by atoms with Crippen LogP contribution in [0, 0.1) is 0 Å². The molecule has 0 amide bonds. The zero-order valence-electron chi connectivity index (χ0n) is 10.4. The molecule has 0 aliphatic heterocycles. The number of nitrogens with zero attached hydrogens (tertiary/aromatic N) is 1. The molecule has 0 saturated carbocycles. The van der Waals surface area contributed by atoms with Crippen LogP contribution in [0.5, 0.6) is 0 Å². The number of likely N-dealkylation sites (N-methyl/N-ethyl adjacent to an activating group) is 1. The van der Waals surface area contributed by atoms with Crippen LogP contribution in [0.3, 0.4) is 0 Å². The first kappa shape index (κ1) is 17.2. The Morgan fingerprint density at radius 1 is 1.28 bits per heavy atom. The van der Waals surface area contributed by atoms with Gasteiger partial charge in [0.25, 0.3) is 0 Å². The highest BCUT2D eigenvalue weighted by Gasteiger charge is 2.32. The zero-order chi connectivity index (χ0) is 13.1. The normalized spacial score (nSPS) is 13.3. The van der Waals surface area contributed by atoms with Crippen molar-refractivity contribution >= 4 is 12.4 Å². The van der Waals surface area contributed by atoms with Gasteiger partial charge in [0, 0.05) is 19.1 Å². The number of benzene rings is 1. The molecule has 1 aromatic carbocycles. The van der Waals surface area contributed by atoms with Crippen LogP contribution in [0.1, 0.15) is 18.1 Å². The molecule has 0 heterocycles. The van der Waals surface area contributed by atoms with Crippen molar-refractivity contribution in [3.8, 4) is 0 Å². The van der Waals surface area contributed by atoms with Gasteiger partial charge >= 0.3 is 6.18 Å². The summed E-state index contributed by atoms with van der Waals surface area (Å²) < 4.78 is 38.2. The number of nitrogens with two attached hydrogens (primary N) is 1. The number of rotatable bonds is 4. The molecule has 0 aliphatic rings. The Morgan fingerprint density at radius 2 is 1.83 bits per heavy atom.